The SMILES string of the molecule is CCNC(=NCc1cc(Cl)c(Cl)n1C)NCc1nncn1C. The van der Waals surface area contributed by atoms with Crippen molar-refractivity contribution < 1.29 is 0 Å². The van der Waals surface area contributed by atoms with E-state index in [2.05, 4.69) is 25.8 Å². The minimum atomic E-state index is 0.469. The molecule has 2 aromatic heterocycles. The van der Waals surface area contributed by atoms with Gasteiger partial charge in [0.25, 0.3) is 0 Å². The summed E-state index contributed by atoms with van der Waals surface area (Å²) < 4.78 is 3.67. The molecule has 9 heteroatoms. The fraction of sp³-hybridized carbons (Fsp3) is 0.462. The molecule has 0 aromatic carbocycles. The molecule has 2 rings (SSSR count). The van der Waals surface area contributed by atoms with E-state index in [0.717, 1.165) is 18.1 Å². The molecular formula is C13H19Cl2N7. The van der Waals surface area contributed by atoms with Crippen molar-refractivity contribution >= 4 is 29.2 Å². The maximum atomic E-state index is 6.05. The van der Waals surface area contributed by atoms with Gasteiger partial charge < -0.3 is 19.8 Å². The highest BCUT2D eigenvalue weighted by atomic mass is 35.5. The number of guanidine groups is 1. The minimum Gasteiger partial charge on any atom is -0.357 e. The molecule has 0 atom stereocenters. The summed E-state index contributed by atoms with van der Waals surface area (Å²) in [5, 5.41) is 15.3. The van der Waals surface area contributed by atoms with Crippen LogP contribution >= 0.6 is 23.2 Å². The van der Waals surface area contributed by atoms with Crippen molar-refractivity contribution in [3.05, 3.63) is 34.1 Å². The molecule has 120 valence electrons. The normalized spacial score (nSPS) is 11.8. The van der Waals surface area contributed by atoms with E-state index in [4.69, 9.17) is 23.2 Å². The van der Waals surface area contributed by atoms with Crippen molar-refractivity contribution in [1.29, 1.82) is 0 Å². The number of aryl methyl sites for hydroxylation is 1. The van der Waals surface area contributed by atoms with E-state index >= 15 is 0 Å². The molecule has 22 heavy (non-hydrogen) atoms. The van der Waals surface area contributed by atoms with E-state index in [1.165, 1.54) is 0 Å². The summed E-state index contributed by atoms with van der Waals surface area (Å²) >= 11 is 12.1. The predicted molar refractivity (Wildman–Crippen MR) is 88.1 cm³/mol. The average molecular weight is 344 g/mol. The molecule has 0 radical (unpaired) electrons. The number of hydrogen-bond acceptors (Lipinski definition) is 3. The van der Waals surface area contributed by atoms with Crippen LogP contribution in [0.1, 0.15) is 18.4 Å². The molecule has 0 saturated heterocycles. The van der Waals surface area contributed by atoms with Crippen LogP contribution in [0.25, 0.3) is 0 Å². The third-order valence-corrected chi connectivity index (χ3v) is 4.02. The van der Waals surface area contributed by atoms with Crippen molar-refractivity contribution in [1.82, 2.24) is 30.0 Å². The van der Waals surface area contributed by atoms with Gasteiger partial charge in [-0.25, -0.2) is 4.99 Å². The molecule has 2 heterocycles. The summed E-state index contributed by atoms with van der Waals surface area (Å²) in [6, 6.07) is 1.82. The van der Waals surface area contributed by atoms with E-state index in [0.29, 0.717) is 29.2 Å². The van der Waals surface area contributed by atoms with Crippen LogP contribution in [0.15, 0.2) is 17.4 Å². The lowest BCUT2D eigenvalue weighted by molar-refractivity contribution is 0.723. The van der Waals surface area contributed by atoms with Gasteiger partial charge in [0.1, 0.15) is 11.5 Å². The smallest absolute Gasteiger partial charge is 0.192 e. The topological polar surface area (TPSA) is 72.1 Å². The fourth-order valence-electron chi connectivity index (χ4n) is 1.87. The molecule has 0 bridgehead atoms. The zero-order chi connectivity index (χ0) is 16.1. The van der Waals surface area contributed by atoms with E-state index in [-0.39, 0.29) is 0 Å². The molecule has 0 fully saturated rings. The molecule has 0 aliphatic heterocycles. The number of aromatic nitrogens is 4. The Balaban J connectivity index is 2.03. The third-order valence-electron chi connectivity index (χ3n) is 3.18. The number of nitrogens with zero attached hydrogens (tertiary/aromatic N) is 5. The Hall–Kier alpha value is -1.73. The molecule has 0 spiro atoms. The Morgan fingerprint density at radius 2 is 2.09 bits per heavy atom. The van der Waals surface area contributed by atoms with E-state index in [1.54, 1.807) is 6.33 Å². The van der Waals surface area contributed by atoms with Crippen LogP contribution in [0.5, 0.6) is 0 Å². The van der Waals surface area contributed by atoms with Crippen molar-refractivity contribution in [3.8, 4) is 0 Å². The Morgan fingerprint density at radius 3 is 2.64 bits per heavy atom. The Bertz CT molecular complexity index is 659. The zero-order valence-corrected chi connectivity index (χ0v) is 14.3. The predicted octanol–water partition coefficient (Wildman–Crippen LogP) is 1.72. The average Bonchev–Trinajstić information content (AvgIpc) is 3.01. The molecule has 0 amide bonds. The van der Waals surface area contributed by atoms with Crippen molar-refractivity contribution in [2.45, 2.75) is 20.0 Å². The highest BCUT2D eigenvalue weighted by Crippen LogP contribution is 2.25. The summed E-state index contributed by atoms with van der Waals surface area (Å²) in [5.41, 5.74) is 0.936. The minimum absolute atomic E-state index is 0.469. The monoisotopic (exact) mass is 343 g/mol. The van der Waals surface area contributed by atoms with Gasteiger partial charge in [-0.2, -0.15) is 0 Å². The molecular weight excluding hydrogens is 325 g/mol. The first-order valence-corrected chi connectivity index (χ1v) is 7.63. The molecule has 0 aliphatic carbocycles. The Morgan fingerprint density at radius 1 is 1.32 bits per heavy atom. The third kappa shape index (κ3) is 3.92. The van der Waals surface area contributed by atoms with Gasteiger partial charge >= 0.3 is 0 Å². The van der Waals surface area contributed by atoms with Crippen LogP contribution in [0.2, 0.25) is 10.2 Å². The second-order valence-corrected chi connectivity index (χ2v) is 5.51. The van der Waals surface area contributed by atoms with Crippen molar-refractivity contribution in [2.75, 3.05) is 6.54 Å². The summed E-state index contributed by atoms with van der Waals surface area (Å²) in [6.07, 6.45) is 1.66. The van der Waals surface area contributed by atoms with Crippen molar-refractivity contribution in [3.63, 3.8) is 0 Å². The van der Waals surface area contributed by atoms with Gasteiger partial charge in [-0.15, -0.1) is 10.2 Å². The van der Waals surface area contributed by atoms with Crippen LogP contribution in [0.3, 0.4) is 0 Å². The Kier molecular flexibility index (Phi) is 5.68. The summed E-state index contributed by atoms with van der Waals surface area (Å²) in [6.45, 7) is 3.78. The highest BCUT2D eigenvalue weighted by Gasteiger charge is 2.09. The molecule has 0 unspecified atom stereocenters. The van der Waals surface area contributed by atoms with E-state index < -0.39 is 0 Å². The van der Waals surface area contributed by atoms with Gasteiger partial charge in [-0.1, -0.05) is 23.2 Å². The lowest BCUT2D eigenvalue weighted by atomic mass is 10.4. The molecule has 7 nitrogen and oxygen atoms in total. The molecule has 2 N–H and O–H groups in total. The van der Waals surface area contributed by atoms with Gasteiger partial charge in [0, 0.05) is 26.3 Å². The number of hydrogen-bond donors (Lipinski definition) is 2. The van der Waals surface area contributed by atoms with Crippen LogP contribution < -0.4 is 10.6 Å². The molecule has 0 saturated carbocycles. The maximum Gasteiger partial charge on any atom is 0.192 e. The van der Waals surface area contributed by atoms with Gasteiger partial charge in [-0.05, 0) is 13.0 Å². The standard InChI is InChI=1S/C13H19Cl2N7/c1-4-16-13(18-7-11-20-19-8-21(11)2)17-6-9-5-10(14)12(15)22(9)3/h5,8H,4,6-7H2,1-3H3,(H2,16,17,18). The number of aliphatic imine (C=N–C) groups is 1. The first kappa shape index (κ1) is 16.6. The van der Waals surface area contributed by atoms with Crippen LogP contribution in [-0.2, 0) is 27.2 Å². The van der Waals surface area contributed by atoms with Gasteiger partial charge in [-0.3, -0.25) is 0 Å². The lowest BCUT2D eigenvalue weighted by Crippen LogP contribution is -2.37. The Labute approximate surface area is 139 Å². The van der Waals surface area contributed by atoms with Crippen LogP contribution in [-0.4, -0.2) is 31.8 Å². The number of rotatable bonds is 5. The summed E-state index contributed by atoms with van der Waals surface area (Å²) in [5.74, 6) is 1.52. The zero-order valence-electron chi connectivity index (χ0n) is 12.8. The van der Waals surface area contributed by atoms with Crippen LogP contribution in [0, 0.1) is 0 Å². The lowest BCUT2D eigenvalue weighted by Gasteiger charge is -2.11. The van der Waals surface area contributed by atoms with Gasteiger partial charge in [0.15, 0.2) is 11.8 Å². The first-order valence-electron chi connectivity index (χ1n) is 6.87. The summed E-state index contributed by atoms with van der Waals surface area (Å²) in [7, 11) is 3.76. The quantitative estimate of drug-likeness (QED) is 0.640. The fourth-order valence-corrected chi connectivity index (χ4v) is 2.29. The maximum absolute atomic E-state index is 6.05. The van der Waals surface area contributed by atoms with Crippen molar-refractivity contribution in [2.24, 2.45) is 19.1 Å². The molecule has 2 aromatic rings. The number of halogens is 2. The van der Waals surface area contributed by atoms with Gasteiger partial charge in [0.05, 0.1) is 18.1 Å². The second-order valence-electron chi connectivity index (χ2n) is 4.74. The summed E-state index contributed by atoms with van der Waals surface area (Å²) in [4.78, 5) is 4.53. The van der Waals surface area contributed by atoms with E-state index in [9.17, 15) is 0 Å². The molecule has 0 aliphatic rings. The number of nitrogens with one attached hydrogen (secondary N) is 2. The van der Waals surface area contributed by atoms with E-state index in [1.807, 2.05) is 36.2 Å². The largest absolute Gasteiger partial charge is 0.357 e. The second kappa shape index (κ2) is 7.51. The highest BCUT2D eigenvalue weighted by molar-refractivity contribution is 6.41. The first-order chi connectivity index (χ1) is 10.5. The van der Waals surface area contributed by atoms with Gasteiger partial charge in [0.2, 0.25) is 0 Å². The van der Waals surface area contributed by atoms with Crippen LogP contribution in [0.4, 0.5) is 0 Å².